The molecule has 6 nitrogen and oxygen atoms in total. The molecule has 0 aromatic heterocycles. The van der Waals surface area contributed by atoms with Crippen LogP contribution in [0.5, 0.6) is 0 Å². The summed E-state index contributed by atoms with van der Waals surface area (Å²) in [7, 11) is 3.97. The third-order valence-corrected chi connectivity index (χ3v) is 2.92. The third-order valence-electron chi connectivity index (χ3n) is 2.92. The summed E-state index contributed by atoms with van der Waals surface area (Å²) in [4.78, 5) is 32.8. The fourth-order valence-corrected chi connectivity index (χ4v) is 1.67. The molecule has 6 heteroatoms. The van der Waals surface area contributed by atoms with Crippen molar-refractivity contribution in [3.63, 3.8) is 0 Å². The van der Waals surface area contributed by atoms with Crippen molar-refractivity contribution < 1.29 is 28.6 Å². The van der Waals surface area contributed by atoms with Crippen molar-refractivity contribution in [1.82, 2.24) is 0 Å². The smallest absolute Gasteiger partial charge is 0.337 e. The van der Waals surface area contributed by atoms with Crippen LogP contribution >= 0.6 is 0 Å². The van der Waals surface area contributed by atoms with E-state index in [0.29, 0.717) is 16.7 Å². The molecule has 2 rings (SSSR count). The van der Waals surface area contributed by atoms with Gasteiger partial charge in [0.15, 0.2) is 0 Å². The van der Waals surface area contributed by atoms with Crippen LogP contribution in [0.2, 0.25) is 0 Å². The molecule has 0 aliphatic heterocycles. The minimum atomic E-state index is -0.429. The molecular formula is C18H18O6. The molecule has 0 radical (unpaired) electrons. The van der Waals surface area contributed by atoms with E-state index >= 15 is 0 Å². The molecule has 0 spiro atoms. The molecule has 0 heterocycles. The van der Waals surface area contributed by atoms with Gasteiger partial charge in [-0.25, -0.2) is 14.4 Å². The number of hydrogen-bond acceptors (Lipinski definition) is 6. The van der Waals surface area contributed by atoms with Gasteiger partial charge in [-0.1, -0.05) is 18.2 Å². The number of esters is 3. The molecule has 0 bridgehead atoms. The van der Waals surface area contributed by atoms with E-state index in [1.165, 1.54) is 45.6 Å². The van der Waals surface area contributed by atoms with Gasteiger partial charge in [-0.05, 0) is 36.4 Å². The Balaban J connectivity index is 0.000000254. The lowest BCUT2D eigenvalue weighted by atomic mass is 10.1. The highest BCUT2D eigenvalue weighted by Gasteiger charge is 2.08. The van der Waals surface area contributed by atoms with Crippen LogP contribution in [0, 0.1) is 0 Å². The number of rotatable bonds is 3. The number of methoxy groups -OCH3 is 3. The summed E-state index contributed by atoms with van der Waals surface area (Å²) in [5.41, 5.74) is 1.39. The first-order valence-electron chi connectivity index (χ1n) is 6.93. The standard InChI is InChI=1S/C10H10O4.C8H8O2/c1-13-9(11)7-3-5-8(6-4-7)10(12)14-2;1-10-8(9)7-5-3-2-4-6-7/h3-6H,1-2H3;2-6H,1H3. The number of carbonyl (C=O) groups is 3. The molecule has 0 saturated heterocycles. The van der Waals surface area contributed by atoms with Gasteiger partial charge in [0.2, 0.25) is 0 Å². The highest BCUT2D eigenvalue weighted by molar-refractivity contribution is 5.93. The van der Waals surface area contributed by atoms with Gasteiger partial charge in [-0.15, -0.1) is 0 Å². The summed E-state index contributed by atoms with van der Waals surface area (Å²) in [6.45, 7) is 0. The first-order valence-corrected chi connectivity index (χ1v) is 6.93. The fraction of sp³-hybridized carbons (Fsp3) is 0.167. The second kappa shape index (κ2) is 9.78. The lowest BCUT2D eigenvalue weighted by Crippen LogP contribution is -2.04. The Labute approximate surface area is 140 Å². The maximum atomic E-state index is 11.0. The zero-order chi connectivity index (χ0) is 17.9. The van der Waals surface area contributed by atoms with Crippen molar-refractivity contribution in [2.45, 2.75) is 0 Å². The average Bonchev–Trinajstić information content (AvgIpc) is 2.67. The van der Waals surface area contributed by atoms with E-state index in [4.69, 9.17) is 0 Å². The van der Waals surface area contributed by atoms with Crippen molar-refractivity contribution in [3.8, 4) is 0 Å². The van der Waals surface area contributed by atoms with Crippen molar-refractivity contribution in [3.05, 3.63) is 71.3 Å². The van der Waals surface area contributed by atoms with Gasteiger partial charge >= 0.3 is 17.9 Å². The quantitative estimate of drug-likeness (QED) is 0.636. The molecule has 0 amide bonds. The molecule has 0 aliphatic carbocycles. The van der Waals surface area contributed by atoms with Crippen molar-refractivity contribution in [1.29, 1.82) is 0 Å². The van der Waals surface area contributed by atoms with E-state index in [0.717, 1.165) is 0 Å². The van der Waals surface area contributed by atoms with Gasteiger partial charge in [-0.3, -0.25) is 0 Å². The van der Waals surface area contributed by atoms with E-state index < -0.39 is 11.9 Å². The lowest BCUT2D eigenvalue weighted by molar-refractivity contribution is 0.0586. The van der Waals surface area contributed by atoms with E-state index in [-0.39, 0.29) is 5.97 Å². The third kappa shape index (κ3) is 5.57. The number of hydrogen-bond donors (Lipinski definition) is 0. The topological polar surface area (TPSA) is 78.9 Å². The van der Waals surface area contributed by atoms with Crippen molar-refractivity contribution >= 4 is 17.9 Å². The summed E-state index contributed by atoms with van der Waals surface area (Å²) in [5.74, 6) is -1.15. The molecule has 0 unspecified atom stereocenters. The number of ether oxygens (including phenoxy) is 3. The van der Waals surface area contributed by atoms with Crippen LogP contribution in [0.15, 0.2) is 54.6 Å². The zero-order valence-electron chi connectivity index (χ0n) is 13.6. The molecular weight excluding hydrogens is 312 g/mol. The van der Waals surface area contributed by atoms with Crippen LogP contribution in [-0.4, -0.2) is 39.2 Å². The molecule has 0 N–H and O–H groups in total. The highest BCUT2D eigenvalue weighted by Crippen LogP contribution is 2.06. The van der Waals surface area contributed by atoms with Gasteiger partial charge in [-0.2, -0.15) is 0 Å². The average molecular weight is 330 g/mol. The van der Waals surface area contributed by atoms with Crippen LogP contribution < -0.4 is 0 Å². The predicted molar refractivity (Wildman–Crippen MR) is 86.9 cm³/mol. The van der Waals surface area contributed by atoms with E-state index in [1.807, 2.05) is 6.07 Å². The Morgan fingerprint density at radius 2 is 0.833 bits per heavy atom. The minimum absolute atomic E-state index is 0.291. The molecule has 2 aromatic rings. The largest absolute Gasteiger partial charge is 0.465 e. The van der Waals surface area contributed by atoms with Gasteiger partial charge in [0, 0.05) is 0 Å². The number of benzene rings is 2. The molecule has 126 valence electrons. The summed E-state index contributed by atoms with van der Waals surface area (Å²) in [5, 5.41) is 0. The van der Waals surface area contributed by atoms with Crippen LogP contribution in [0.1, 0.15) is 31.1 Å². The van der Waals surface area contributed by atoms with Crippen molar-refractivity contribution in [2.75, 3.05) is 21.3 Å². The Kier molecular flexibility index (Phi) is 7.70. The van der Waals surface area contributed by atoms with Crippen LogP contribution in [-0.2, 0) is 14.2 Å². The Morgan fingerprint density at radius 3 is 1.12 bits per heavy atom. The van der Waals surface area contributed by atoms with Gasteiger partial charge in [0.05, 0.1) is 38.0 Å². The normalized spacial score (nSPS) is 9.12. The first-order chi connectivity index (χ1) is 11.5. The predicted octanol–water partition coefficient (Wildman–Crippen LogP) is 2.73. The van der Waals surface area contributed by atoms with Crippen LogP contribution in [0.3, 0.4) is 0 Å². The maximum absolute atomic E-state index is 11.0. The molecule has 0 atom stereocenters. The molecule has 2 aromatic carbocycles. The van der Waals surface area contributed by atoms with E-state index in [1.54, 1.807) is 24.3 Å². The van der Waals surface area contributed by atoms with E-state index in [9.17, 15) is 14.4 Å². The molecule has 0 fully saturated rings. The van der Waals surface area contributed by atoms with Crippen LogP contribution in [0.25, 0.3) is 0 Å². The SMILES string of the molecule is COC(=O)c1ccc(C(=O)OC)cc1.COC(=O)c1ccccc1. The molecule has 0 saturated carbocycles. The monoisotopic (exact) mass is 330 g/mol. The lowest BCUT2D eigenvalue weighted by Gasteiger charge is -2.00. The molecule has 24 heavy (non-hydrogen) atoms. The zero-order valence-corrected chi connectivity index (χ0v) is 13.6. The van der Waals surface area contributed by atoms with Gasteiger partial charge in [0.25, 0.3) is 0 Å². The van der Waals surface area contributed by atoms with Gasteiger partial charge in [0.1, 0.15) is 0 Å². The van der Waals surface area contributed by atoms with Crippen molar-refractivity contribution in [2.24, 2.45) is 0 Å². The fourth-order valence-electron chi connectivity index (χ4n) is 1.67. The summed E-state index contributed by atoms with van der Waals surface area (Å²) >= 11 is 0. The summed E-state index contributed by atoms with van der Waals surface area (Å²) in [6, 6.07) is 14.9. The minimum Gasteiger partial charge on any atom is -0.465 e. The maximum Gasteiger partial charge on any atom is 0.337 e. The Morgan fingerprint density at radius 1 is 0.542 bits per heavy atom. The van der Waals surface area contributed by atoms with Crippen LogP contribution in [0.4, 0.5) is 0 Å². The Bertz CT molecular complexity index is 641. The summed E-state index contributed by atoms with van der Waals surface area (Å²) in [6.07, 6.45) is 0. The second-order valence-electron chi connectivity index (χ2n) is 4.42. The highest BCUT2D eigenvalue weighted by atomic mass is 16.5. The first kappa shape index (κ1) is 18.9. The number of carbonyl (C=O) groups excluding carboxylic acids is 3. The van der Waals surface area contributed by atoms with Gasteiger partial charge < -0.3 is 14.2 Å². The summed E-state index contributed by atoms with van der Waals surface area (Å²) < 4.78 is 13.5. The Hall–Kier alpha value is -3.15. The molecule has 0 aliphatic rings. The van der Waals surface area contributed by atoms with E-state index in [2.05, 4.69) is 14.2 Å². The second-order valence-corrected chi connectivity index (χ2v) is 4.42.